The normalized spacial score (nSPS) is 16.9. The molecule has 1 aliphatic rings. The Morgan fingerprint density at radius 3 is 2.90 bits per heavy atom. The summed E-state index contributed by atoms with van der Waals surface area (Å²) in [4.78, 5) is 24.1. The molecule has 10 nitrogen and oxygen atoms in total. The summed E-state index contributed by atoms with van der Waals surface area (Å²) < 4.78 is 28.4. The van der Waals surface area contributed by atoms with Crippen molar-refractivity contribution in [2.75, 3.05) is 23.9 Å². The van der Waals surface area contributed by atoms with Crippen molar-refractivity contribution in [3.63, 3.8) is 0 Å². The molecule has 1 N–H and O–H groups in total. The Labute approximate surface area is 242 Å². The van der Waals surface area contributed by atoms with Crippen molar-refractivity contribution in [1.82, 2.24) is 29.5 Å². The molecule has 1 saturated heterocycles. The van der Waals surface area contributed by atoms with Crippen LogP contribution < -0.4 is 10.2 Å². The SMILES string of the molecule is CN(Cc1cccc(F)c1)c1ncnc2c1ncn2C1CC[C@@H](COC(=S)Nc2ccc3nccnc3c2Br)O1. The molecule has 2 aromatic carbocycles. The van der Waals surface area contributed by atoms with Gasteiger partial charge in [0.2, 0.25) is 0 Å². The van der Waals surface area contributed by atoms with E-state index in [1.165, 1.54) is 18.5 Å². The lowest BCUT2D eigenvalue weighted by Crippen LogP contribution is -2.22. The van der Waals surface area contributed by atoms with Gasteiger partial charge in [-0.25, -0.2) is 19.3 Å². The van der Waals surface area contributed by atoms with Crippen LogP contribution in [0.15, 0.2) is 65.9 Å². The molecule has 6 rings (SSSR count). The fourth-order valence-electron chi connectivity index (χ4n) is 4.74. The molecule has 0 saturated carbocycles. The van der Waals surface area contributed by atoms with Crippen molar-refractivity contribution in [2.45, 2.75) is 31.7 Å². The number of imidazole rings is 1. The van der Waals surface area contributed by atoms with Crippen LogP contribution in [0.4, 0.5) is 15.9 Å². The fourth-order valence-corrected chi connectivity index (χ4v) is 5.46. The van der Waals surface area contributed by atoms with Crippen LogP contribution in [-0.2, 0) is 16.0 Å². The van der Waals surface area contributed by atoms with E-state index in [1.807, 2.05) is 34.7 Å². The van der Waals surface area contributed by atoms with Crippen LogP contribution in [0.3, 0.4) is 0 Å². The van der Waals surface area contributed by atoms with Crippen LogP contribution in [0.5, 0.6) is 0 Å². The summed E-state index contributed by atoms with van der Waals surface area (Å²) in [6.07, 6.45) is 7.69. The van der Waals surface area contributed by atoms with Crippen LogP contribution in [0.25, 0.3) is 22.2 Å². The van der Waals surface area contributed by atoms with E-state index in [0.29, 0.717) is 30.1 Å². The summed E-state index contributed by atoms with van der Waals surface area (Å²) in [5.41, 5.74) is 4.41. The zero-order valence-corrected chi connectivity index (χ0v) is 23.8. The number of hydrogen-bond donors (Lipinski definition) is 1. The van der Waals surface area contributed by atoms with Crippen molar-refractivity contribution in [3.05, 3.63) is 77.3 Å². The highest BCUT2D eigenvalue weighted by atomic mass is 79.9. The van der Waals surface area contributed by atoms with Gasteiger partial charge in [-0.2, -0.15) is 0 Å². The van der Waals surface area contributed by atoms with Crippen molar-refractivity contribution in [1.29, 1.82) is 0 Å². The summed E-state index contributed by atoms with van der Waals surface area (Å²) >= 11 is 8.98. The Balaban J connectivity index is 1.08. The van der Waals surface area contributed by atoms with Crippen LogP contribution in [0.2, 0.25) is 0 Å². The zero-order chi connectivity index (χ0) is 27.6. The van der Waals surface area contributed by atoms with Gasteiger partial charge in [-0.3, -0.25) is 14.5 Å². The van der Waals surface area contributed by atoms with Crippen LogP contribution in [-0.4, -0.2) is 54.4 Å². The number of thiocarbonyl (C=S) groups is 1. The molecule has 2 atom stereocenters. The van der Waals surface area contributed by atoms with Crippen molar-refractivity contribution < 1.29 is 13.9 Å². The number of ether oxygens (including phenoxy) is 2. The summed E-state index contributed by atoms with van der Waals surface area (Å²) in [5, 5.41) is 3.35. The minimum atomic E-state index is -0.270. The molecule has 40 heavy (non-hydrogen) atoms. The summed E-state index contributed by atoms with van der Waals surface area (Å²) in [6.45, 7) is 0.782. The second kappa shape index (κ2) is 11.4. The second-order valence-corrected chi connectivity index (χ2v) is 10.5. The molecule has 5 aromatic rings. The van der Waals surface area contributed by atoms with Gasteiger partial charge in [0.25, 0.3) is 5.17 Å². The maximum atomic E-state index is 13.6. The lowest BCUT2D eigenvalue weighted by Gasteiger charge is -2.19. The van der Waals surface area contributed by atoms with E-state index < -0.39 is 0 Å². The monoisotopic (exact) mass is 622 g/mol. The Bertz CT molecular complexity index is 1700. The maximum Gasteiger partial charge on any atom is 0.261 e. The summed E-state index contributed by atoms with van der Waals surface area (Å²) in [7, 11) is 1.89. The molecular formula is C27H24BrFN8O2S. The average molecular weight is 624 g/mol. The number of benzene rings is 2. The van der Waals surface area contributed by atoms with Gasteiger partial charge in [0.05, 0.1) is 28.1 Å². The summed E-state index contributed by atoms with van der Waals surface area (Å²) in [6, 6.07) is 10.2. The van der Waals surface area contributed by atoms with E-state index in [2.05, 4.69) is 46.2 Å². The molecule has 1 aliphatic heterocycles. The first-order valence-electron chi connectivity index (χ1n) is 12.6. The molecule has 0 radical (unpaired) electrons. The Hall–Kier alpha value is -3.81. The van der Waals surface area contributed by atoms with Crippen molar-refractivity contribution >= 4 is 67.0 Å². The number of halogens is 2. The predicted octanol–water partition coefficient (Wildman–Crippen LogP) is 5.40. The molecule has 0 aliphatic carbocycles. The van der Waals surface area contributed by atoms with Gasteiger partial charge in [-0.1, -0.05) is 12.1 Å². The number of aromatic nitrogens is 6. The largest absolute Gasteiger partial charge is 0.468 e. The lowest BCUT2D eigenvalue weighted by atomic mass is 10.2. The van der Waals surface area contributed by atoms with Gasteiger partial charge >= 0.3 is 0 Å². The molecule has 4 heterocycles. The highest BCUT2D eigenvalue weighted by Gasteiger charge is 2.29. The first-order valence-corrected chi connectivity index (χ1v) is 13.8. The minimum Gasteiger partial charge on any atom is -0.468 e. The Morgan fingerprint density at radius 2 is 2.02 bits per heavy atom. The van der Waals surface area contributed by atoms with E-state index in [1.54, 1.807) is 24.8 Å². The molecule has 1 fully saturated rings. The average Bonchev–Trinajstić information content (AvgIpc) is 3.60. The molecule has 3 aromatic heterocycles. The highest BCUT2D eigenvalue weighted by molar-refractivity contribution is 9.10. The van der Waals surface area contributed by atoms with Crippen LogP contribution >= 0.6 is 28.1 Å². The number of nitrogens with one attached hydrogen (secondary N) is 1. The summed E-state index contributed by atoms with van der Waals surface area (Å²) in [5.74, 6) is 0.390. The van der Waals surface area contributed by atoms with Crippen molar-refractivity contribution in [2.24, 2.45) is 0 Å². The van der Waals surface area contributed by atoms with Crippen LogP contribution in [0.1, 0.15) is 24.6 Å². The Kier molecular flexibility index (Phi) is 7.50. The quantitative estimate of drug-likeness (QED) is 0.237. The van der Waals surface area contributed by atoms with E-state index in [-0.39, 0.29) is 23.3 Å². The number of rotatable bonds is 7. The third-order valence-electron chi connectivity index (χ3n) is 6.62. The zero-order valence-electron chi connectivity index (χ0n) is 21.4. The van der Waals surface area contributed by atoms with E-state index in [0.717, 1.165) is 39.6 Å². The topological polar surface area (TPSA) is 103 Å². The predicted molar refractivity (Wildman–Crippen MR) is 156 cm³/mol. The Morgan fingerprint density at radius 1 is 1.15 bits per heavy atom. The van der Waals surface area contributed by atoms with Gasteiger partial charge in [-0.15, -0.1) is 0 Å². The highest BCUT2D eigenvalue weighted by Crippen LogP contribution is 2.33. The maximum absolute atomic E-state index is 13.6. The number of anilines is 2. The van der Waals surface area contributed by atoms with Gasteiger partial charge in [0.15, 0.2) is 17.0 Å². The number of hydrogen-bond acceptors (Lipinski definition) is 9. The third-order valence-corrected chi connectivity index (χ3v) is 7.64. The molecule has 0 spiro atoms. The van der Waals surface area contributed by atoms with Gasteiger partial charge in [-0.05, 0) is 70.8 Å². The van der Waals surface area contributed by atoms with Gasteiger partial charge in [0, 0.05) is 26.0 Å². The third kappa shape index (κ3) is 5.44. The second-order valence-electron chi connectivity index (χ2n) is 9.37. The molecule has 204 valence electrons. The minimum absolute atomic E-state index is 0.148. The molecular weight excluding hydrogens is 599 g/mol. The lowest BCUT2D eigenvalue weighted by molar-refractivity contribution is -0.0174. The van der Waals surface area contributed by atoms with Gasteiger partial charge in [0.1, 0.15) is 30.5 Å². The molecule has 13 heteroatoms. The number of fused-ring (bicyclic) bond motifs is 2. The smallest absolute Gasteiger partial charge is 0.261 e. The fraction of sp³-hybridized carbons (Fsp3) is 0.259. The number of nitrogens with zero attached hydrogens (tertiary/aromatic N) is 7. The standard InChI is InChI=1S/C27H24BrFN8O2S/c1-36(12-16-3-2-4-17(29)11-16)25-24-26(33-14-32-25)37(15-34-24)21-8-5-18(39-21)13-38-27(40)35-19-6-7-20-23(22(19)28)31-10-9-30-20/h2-4,6-7,9-11,14-15,18,21H,5,8,12-13H2,1H3,(H,35,40)/t18-,21?/m0/s1. The van der Waals surface area contributed by atoms with E-state index in [4.69, 9.17) is 21.7 Å². The van der Waals surface area contributed by atoms with E-state index >= 15 is 0 Å². The first-order chi connectivity index (χ1) is 19.5. The van der Waals surface area contributed by atoms with Gasteiger partial charge < -0.3 is 19.7 Å². The molecule has 1 unspecified atom stereocenters. The van der Waals surface area contributed by atoms with E-state index in [9.17, 15) is 4.39 Å². The van der Waals surface area contributed by atoms with Crippen LogP contribution in [0, 0.1) is 5.82 Å². The molecule has 0 amide bonds. The first kappa shape index (κ1) is 26.4. The molecule has 0 bridgehead atoms. The van der Waals surface area contributed by atoms with Crippen molar-refractivity contribution in [3.8, 4) is 0 Å².